The van der Waals surface area contributed by atoms with Gasteiger partial charge in [0.25, 0.3) is 0 Å². The molecule has 0 spiro atoms. The second-order valence-electron chi connectivity index (χ2n) is 3.85. The molecule has 3 nitrogen and oxygen atoms in total. The second-order valence-corrected chi connectivity index (χ2v) is 3.85. The highest BCUT2D eigenvalue weighted by Crippen LogP contribution is 2.50. The first-order chi connectivity index (χ1) is 6.77. The Morgan fingerprint density at radius 1 is 1.29 bits per heavy atom. The van der Waals surface area contributed by atoms with Gasteiger partial charge in [-0.05, 0) is 11.1 Å². The van der Waals surface area contributed by atoms with Crippen LogP contribution < -0.4 is 0 Å². The van der Waals surface area contributed by atoms with E-state index in [1.807, 2.05) is 24.3 Å². The van der Waals surface area contributed by atoms with Gasteiger partial charge in [0, 0.05) is 5.92 Å². The molecule has 1 aliphatic heterocycles. The molecule has 3 rings (SSSR count). The van der Waals surface area contributed by atoms with Crippen LogP contribution in [0.25, 0.3) is 0 Å². The number of hydrogen-bond donors (Lipinski definition) is 1. The van der Waals surface area contributed by atoms with E-state index in [-0.39, 0.29) is 18.0 Å². The third kappa shape index (κ3) is 0.876. The highest BCUT2D eigenvalue weighted by molar-refractivity contribution is 5.73. The van der Waals surface area contributed by atoms with E-state index < -0.39 is 6.10 Å². The van der Waals surface area contributed by atoms with Gasteiger partial charge in [0.05, 0.1) is 12.5 Å². The van der Waals surface area contributed by atoms with Crippen molar-refractivity contribution in [3.8, 4) is 0 Å². The number of aliphatic hydroxyl groups excluding tert-OH is 1. The van der Waals surface area contributed by atoms with E-state index in [9.17, 15) is 9.90 Å². The lowest BCUT2D eigenvalue weighted by atomic mass is 10.0. The molecule has 0 amide bonds. The number of carbonyl (C=O) groups excluding carboxylic acids is 1. The highest BCUT2D eigenvalue weighted by atomic mass is 16.6. The van der Waals surface area contributed by atoms with Gasteiger partial charge in [-0.15, -0.1) is 0 Å². The lowest BCUT2D eigenvalue weighted by Gasteiger charge is -2.09. The monoisotopic (exact) mass is 190 g/mol. The number of carbonyl (C=O) groups is 1. The molecule has 0 bridgehead atoms. The minimum Gasteiger partial charge on any atom is -0.457 e. The Morgan fingerprint density at radius 2 is 2.00 bits per heavy atom. The van der Waals surface area contributed by atoms with Crippen molar-refractivity contribution in [3.63, 3.8) is 0 Å². The standard InChI is InChI=1S/C11H10O3/c12-9-5-8-10(13)6-3-1-2-4-7(6)11(8)14-9/h1-4,8,10-11,13H,5H2/t8-,10+,11+/m1/s1. The average Bonchev–Trinajstić information content (AvgIpc) is 2.68. The minimum atomic E-state index is -0.539. The summed E-state index contributed by atoms with van der Waals surface area (Å²) in [7, 11) is 0. The summed E-state index contributed by atoms with van der Waals surface area (Å²) in [5, 5.41) is 9.94. The first-order valence-corrected chi connectivity index (χ1v) is 4.74. The number of ether oxygens (including phenoxy) is 1. The minimum absolute atomic E-state index is 0.0695. The smallest absolute Gasteiger partial charge is 0.306 e. The first-order valence-electron chi connectivity index (χ1n) is 4.74. The van der Waals surface area contributed by atoms with Crippen molar-refractivity contribution >= 4 is 5.97 Å². The van der Waals surface area contributed by atoms with Gasteiger partial charge in [0.15, 0.2) is 0 Å². The van der Waals surface area contributed by atoms with Crippen molar-refractivity contribution in [2.45, 2.75) is 18.6 Å². The molecule has 3 atom stereocenters. The summed E-state index contributed by atoms with van der Waals surface area (Å²) < 4.78 is 5.18. The largest absolute Gasteiger partial charge is 0.457 e. The van der Waals surface area contributed by atoms with Gasteiger partial charge in [0.2, 0.25) is 0 Å². The zero-order valence-electron chi connectivity index (χ0n) is 7.51. The molecule has 2 aliphatic rings. The topological polar surface area (TPSA) is 46.5 Å². The molecule has 0 radical (unpaired) electrons. The molecule has 1 heterocycles. The van der Waals surface area contributed by atoms with E-state index >= 15 is 0 Å². The Morgan fingerprint density at radius 3 is 2.79 bits per heavy atom. The van der Waals surface area contributed by atoms with E-state index in [1.54, 1.807) is 0 Å². The van der Waals surface area contributed by atoms with Crippen LogP contribution in [0.3, 0.4) is 0 Å². The van der Waals surface area contributed by atoms with Gasteiger partial charge in [-0.25, -0.2) is 0 Å². The van der Waals surface area contributed by atoms with Crippen molar-refractivity contribution < 1.29 is 14.6 Å². The SMILES string of the molecule is O=C1C[C@@H]2[C@@H](O)c3ccccc3[C@@H]2O1. The Labute approximate surface area is 81.3 Å². The van der Waals surface area contributed by atoms with E-state index in [0.717, 1.165) is 11.1 Å². The van der Waals surface area contributed by atoms with Crippen LogP contribution in [0.5, 0.6) is 0 Å². The van der Waals surface area contributed by atoms with Crippen LogP contribution in [0.4, 0.5) is 0 Å². The van der Waals surface area contributed by atoms with Crippen molar-refractivity contribution in [3.05, 3.63) is 35.4 Å². The highest BCUT2D eigenvalue weighted by Gasteiger charge is 2.47. The fraction of sp³-hybridized carbons (Fsp3) is 0.364. The molecule has 1 aromatic carbocycles. The van der Waals surface area contributed by atoms with Crippen molar-refractivity contribution in [1.82, 2.24) is 0 Å². The number of esters is 1. The van der Waals surface area contributed by atoms with E-state index in [1.165, 1.54) is 0 Å². The van der Waals surface area contributed by atoms with Crippen molar-refractivity contribution in [2.75, 3.05) is 0 Å². The molecule has 1 N–H and O–H groups in total. The summed E-state index contributed by atoms with van der Waals surface area (Å²) in [5.41, 5.74) is 1.88. The zero-order valence-corrected chi connectivity index (χ0v) is 7.51. The Kier molecular flexibility index (Phi) is 1.47. The van der Waals surface area contributed by atoms with Crippen LogP contribution in [0, 0.1) is 5.92 Å². The molecule has 72 valence electrons. The molecule has 3 heteroatoms. The van der Waals surface area contributed by atoms with Gasteiger partial charge < -0.3 is 9.84 Å². The fourth-order valence-corrected chi connectivity index (χ4v) is 2.42. The predicted molar refractivity (Wildman–Crippen MR) is 48.3 cm³/mol. The molecule has 1 fully saturated rings. The number of benzene rings is 1. The zero-order chi connectivity index (χ0) is 9.71. The number of fused-ring (bicyclic) bond motifs is 3. The summed E-state index contributed by atoms with van der Waals surface area (Å²) in [6, 6.07) is 7.61. The lowest BCUT2D eigenvalue weighted by molar-refractivity contribution is -0.141. The summed E-state index contributed by atoms with van der Waals surface area (Å²) in [6.45, 7) is 0. The van der Waals surface area contributed by atoms with Crippen LogP contribution in [-0.4, -0.2) is 11.1 Å². The number of rotatable bonds is 0. The Bertz CT molecular complexity index is 399. The maximum absolute atomic E-state index is 11.1. The molecule has 14 heavy (non-hydrogen) atoms. The summed E-state index contributed by atoms with van der Waals surface area (Å²) in [6.07, 6.45) is -0.420. The van der Waals surface area contributed by atoms with Gasteiger partial charge in [-0.1, -0.05) is 24.3 Å². The summed E-state index contributed by atoms with van der Waals surface area (Å²) in [4.78, 5) is 11.1. The van der Waals surface area contributed by atoms with Gasteiger partial charge in [-0.3, -0.25) is 4.79 Å². The third-order valence-electron chi connectivity index (χ3n) is 3.08. The van der Waals surface area contributed by atoms with Gasteiger partial charge >= 0.3 is 5.97 Å². The van der Waals surface area contributed by atoms with Crippen molar-refractivity contribution in [2.24, 2.45) is 5.92 Å². The lowest BCUT2D eigenvalue weighted by Crippen LogP contribution is -2.06. The maximum Gasteiger partial charge on any atom is 0.306 e. The van der Waals surface area contributed by atoms with Crippen LogP contribution in [0.1, 0.15) is 29.8 Å². The molecule has 1 aromatic rings. The number of hydrogen-bond acceptors (Lipinski definition) is 3. The fourth-order valence-electron chi connectivity index (χ4n) is 2.42. The third-order valence-corrected chi connectivity index (χ3v) is 3.08. The Hall–Kier alpha value is -1.35. The van der Waals surface area contributed by atoms with Gasteiger partial charge in [-0.2, -0.15) is 0 Å². The van der Waals surface area contributed by atoms with Gasteiger partial charge in [0.1, 0.15) is 6.10 Å². The van der Waals surface area contributed by atoms with Crippen LogP contribution in [0.2, 0.25) is 0 Å². The molecular formula is C11H10O3. The maximum atomic E-state index is 11.1. The van der Waals surface area contributed by atoms with Crippen molar-refractivity contribution in [1.29, 1.82) is 0 Å². The van der Waals surface area contributed by atoms with E-state index in [4.69, 9.17) is 4.74 Å². The van der Waals surface area contributed by atoms with Crippen LogP contribution >= 0.6 is 0 Å². The summed E-state index contributed by atoms with van der Waals surface area (Å²) >= 11 is 0. The quantitative estimate of drug-likeness (QED) is 0.628. The molecule has 0 unspecified atom stereocenters. The van der Waals surface area contributed by atoms with Crippen LogP contribution in [-0.2, 0) is 9.53 Å². The molecule has 1 aliphatic carbocycles. The molecule has 0 saturated carbocycles. The molecular weight excluding hydrogens is 180 g/mol. The Balaban J connectivity index is 2.11. The number of aliphatic hydroxyl groups is 1. The van der Waals surface area contributed by atoms with E-state index in [0.29, 0.717) is 6.42 Å². The summed E-state index contributed by atoms with van der Waals surface area (Å²) in [5.74, 6) is -0.270. The molecule has 0 aromatic heterocycles. The van der Waals surface area contributed by atoms with Crippen LogP contribution in [0.15, 0.2) is 24.3 Å². The van der Waals surface area contributed by atoms with E-state index in [2.05, 4.69) is 0 Å². The normalized spacial score (nSPS) is 33.8. The first kappa shape index (κ1) is 8.00. The molecule has 1 saturated heterocycles. The predicted octanol–water partition coefficient (Wildman–Crippen LogP) is 1.34. The average molecular weight is 190 g/mol. The second kappa shape index (κ2) is 2.58.